The summed E-state index contributed by atoms with van der Waals surface area (Å²) in [5.41, 5.74) is 0. The Labute approximate surface area is 317 Å². The molecular formula is C45H86O6. The Kier molecular flexibility index (Phi) is 38.4. The maximum atomic E-state index is 12.7. The van der Waals surface area contributed by atoms with E-state index in [4.69, 9.17) is 14.2 Å². The molecule has 0 fully saturated rings. The molecule has 0 aliphatic rings. The molecule has 0 N–H and O–H groups in total. The van der Waals surface area contributed by atoms with Crippen molar-refractivity contribution in [2.45, 2.75) is 252 Å². The normalized spacial score (nSPS) is 11.9. The number of carbonyl (C=O) groups is 3. The zero-order valence-corrected chi connectivity index (χ0v) is 34.6. The lowest BCUT2D eigenvalue weighted by atomic mass is 10.0. The minimum Gasteiger partial charge on any atom is -0.462 e. The second kappa shape index (κ2) is 39.6. The van der Waals surface area contributed by atoms with Gasteiger partial charge in [-0.15, -0.1) is 0 Å². The fraction of sp³-hybridized carbons (Fsp3) is 0.933. The van der Waals surface area contributed by atoms with Gasteiger partial charge in [0.2, 0.25) is 0 Å². The standard InChI is InChI=1S/C45H86O6/c1-5-7-9-11-13-15-17-18-19-20-22-24-30-34-38-45(48)51-42(40-50-44(47)37-33-29-26-25-27-31-35-41(3)4)39-49-43(46)36-32-28-23-21-16-14-12-10-8-6-2/h41-42H,5-40H2,1-4H3/t42-/m1/s1. The van der Waals surface area contributed by atoms with Gasteiger partial charge in [0.25, 0.3) is 0 Å². The molecule has 0 heterocycles. The highest BCUT2D eigenvalue weighted by Crippen LogP contribution is 2.16. The molecule has 0 saturated carbocycles. The molecule has 0 spiro atoms. The van der Waals surface area contributed by atoms with E-state index in [-0.39, 0.29) is 31.1 Å². The van der Waals surface area contributed by atoms with E-state index in [1.165, 1.54) is 141 Å². The van der Waals surface area contributed by atoms with Crippen LogP contribution in [0.1, 0.15) is 246 Å². The molecule has 6 heteroatoms. The first-order chi connectivity index (χ1) is 24.9. The third-order valence-corrected chi connectivity index (χ3v) is 10.0. The Hall–Kier alpha value is -1.59. The SMILES string of the molecule is CCCCCCCCCCCCCCCCC(=O)O[C@H](COC(=O)CCCCCCCCCCCC)COC(=O)CCCCCCCCC(C)C. The Balaban J connectivity index is 4.31. The highest BCUT2D eigenvalue weighted by Gasteiger charge is 2.19. The van der Waals surface area contributed by atoms with Crippen LogP contribution < -0.4 is 0 Å². The Morgan fingerprint density at radius 2 is 0.647 bits per heavy atom. The lowest BCUT2D eigenvalue weighted by Crippen LogP contribution is -2.30. The molecule has 302 valence electrons. The molecule has 1 atom stereocenters. The predicted molar refractivity (Wildman–Crippen MR) is 215 cm³/mol. The van der Waals surface area contributed by atoms with Crippen molar-refractivity contribution < 1.29 is 28.6 Å². The van der Waals surface area contributed by atoms with Crippen LogP contribution in [0.15, 0.2) is 0 Å². The third-order valence-electron chi connectivity index (χ3n) is 10.0. The summed E-state index contributed by atoms with van der Waals surface area (Å²) in [6.07, 6.45) is 38.1. The number of ether oxygens (including phenoxy) is 3. The van der Waals surface area contributed by atoms with Crippen molar-refractivity contribution in [1.29, 1.82) is 0 Å². The van der Waals surface area contributed by atoms with Gasteiger partial charge in [-0.25, -0.2) is 0 Å². The van der Waals surface area contributed by atoms with Crippen LogP contribution in [0.2, 0.25) is 0 Å². The summed E-state index contributed by atoms with van der Waals surface area (Å²) in [7, 11) is 0. The van der Waals surface area contributed by atoms with Crippen LogP contribution in [0.5, 0.6) is 0 Å². The van der Waals surface area contributed by atoms with Crippen LogP contribution in [0, 0.1) is 5.92 Å². The van der Waals surface area contributed by atoms with Gasteiger partial charge < -0.3 is 14.2 Å². The first-order valence-corrected chi connectivity index (χ1v) is 22.4. The van der Waals surface area contributed by atoms with Gasteiger partial charge in [0, 0.05) is 19.3 Å². The average Bonchev–Trinajstić information content (AvgIpc) is 3.11. The van der Waals surface area contributed by atoms with Crippen LogP contribution >= 0.6 is 0 Å². The molecule has 0 aromatic carbocycles. The zero-order valence-electron chi connectivity index (χ0n) is 34.6. The number of rotatable bonds is 40. The van der Waals surface area contributed by atoms with Gasteiger partial charge in [-0.05, 0) is 25.2 Å². The summed E-state index contributed by atoms with van der Waals surface area (Å²) in [6, 6.07) is 0. The van der Waals surface area contributed by atoms with Crippen LogP contribution in [0.3, 0.4) is 0 Å². The predicted octanol–water partition coefficient (Wildman–Crippen LogP) is 13.9. The molecule has 0 aromatic rings. The molecule has 0 amide bonds. The Morgan fingerprint density at radius 1 is 0.373 bits per heavy atom. The smallest absolute Gasteiger partial charge is 0.306 e. The molecule has 0 saturated heterocycles. The first-order valence-electron chi connectivity index (χ1n) is 22.4. The van der Waals surface area contributed by atoms with Gasteiger partial charge in [-0.3, -0.25) is 14.4 Å². The summed E-state index contributed by atoms with van der Waals surface area (Å²) >= 11 is 0. The second-order valence-electron chi connectivity index (χ2n) is 15.8. The molecule has 0 aliphatic carbocycles. The number of carbonyl (C=O) groups excluding carboxylic acids is 3. The van der Waals surface area contributed by atoms with Gasteiger partial charge in [-0.1, -0.05) is 207 Å². The fourth-order valence-corrected chi connectivity index (χ4v) is 6.63. The second-order valence-corrected chi connectivity index (χ2v) is 15.8. The molecular weight excluding hydrogens is 636 g/mol. The molecule has 0 radical (unpaired) electrons. The highest BCUT2D eigenvalue weighted by atomic mass is 16.6. The molecule has 6 nitrogen and oxygen atoms in total. The number of hydrogen-bond donors (Lipinski definition) is 0. The van der Waals surface area contributed by atoms with Crippen molar-refractivity contribution >= 4 is 17.9 Å². The Bertz CT molecular complexity index is 766. The van der Waals surface area contributed by atoms with E-state index in [0.717, 1.165) is 63.7 Å². The fourth-order valence-electron chi connectivity index (χ4n) is 6.63. The van der Waals surface area contributed by atoms with Gasteiger partial charge >= 0.3 is 17.9 Å². The van der Waals surface area contributed by atoms with E-state index in [0.29, 0.717) is 19.3 Å². The topological polar surface area (TPSA) is 78.9 Å². The summed E-state index contributed by atoms with van der Waals surface area (Å²) in [5.74, 6) is -0.0972. The highest BCUT2D eigenvalue weighted by molar-refractivity contribution is 5.71. The van der Waals surface area contributed by atoms with Gasteiger partial charge in [0.15, 0.2) is 6.10 Å². The van der Waals surface area contributed by atoms with Crippen LogP contribution in [0.25, 0.3) is 0 Å². The van der Waals surface area contributed by atoms with Crippen LogP contribution in [-0.4, -0.2) is 37.2 Å². The minimum absolute atomic E-state index is 0.0648. The zero-order chi connectivity index (χ0) is 37.5. The summed E-state index contributed by atoms with van der Waals surface area (Å²) in [6.45, 7) is 8.91. The largest absolute Gasteiger partial charge is 0.462 e. The molecule has 51 heavy (non-hydrogen) atoms. The van der Waals surface area contributed by atoms with Crippen molar-refractivity contribution in [2.75, 3.05) is 13.2 Å². The summed E-state index contributed by atoms with van der Waals surface area (Å²) in [5, 5.41) is 0. The third kappa shape index (κ3) is 39.5. The molecule has 0 aromatic heterocycles. The molecule has 0 bridgehead atoms. The lowest BCUT2D eigenvalue weighted by molar-refractivity contribution is -0.167. The number of esters is 3. The van der Waals surface area contributed by atoms with Crippen LogP contribution in [0.4, 0.5) is 0 Å². The molecule has 0 rings (SSSR count). The van der Waals surface area contributed by atoms with Crippen molar-refractivity contribution in [3.8, 4) is 0 Å². The maximum Gasteiger partial charge on any atom is 0.306 e. The summed E-state index contributed by atoms with van der Waals surface area (Å²) in [4.78, 5) is 37.6. The average molecular weight is 723 g/mol. The number of hydrogen-bond acceptors (Lipinski definition) is 6. The van der Waals surface area contributed by atoms with E-state index < -0.39 is 6.10 Å². The van der Waals surface area contributed by atoms with E-state index in [2.05, 4.69) is 27.7 Å². The van der Waals surface area contributed by atoms with Gasteiger partial charge in [-0.2, -0.15) is 0 Å². The van der Waals surface area contributed by atoms with Crippen molar-refractivity contribution in [3.05, 3.63) is 0 Å². The van der Waals surface area contributed by atoms with Crippen LogP contribution in [-0.2, 0) is 28.6 Å². The molecule has 0 aliphatic heterocycles. The van der Waals surface area contributed by atoms with Crippen molar-refractivity contribution in [2.24, 2.45) is 5.92 Å². The maximum absolute atomic E-state index is 12.7. The van der Waals surface area contributed by atoms with Crippen molar-refractivity contribution in [3.63, 3.8) is 0 Å². The minimum atomic E-state index is -0.759. The monoisotopic (exact) mass is 723 g/mol. The van der Waals surface area contributed by atoms with E-state index in [1.54, 1.807) is 0 Å². The van der Waals surface area contributed by atoms with Crippen molar-refractivity contribution in [1.82, 2.24) is 0 Å². The van der Waals surface area contributed by atoms with E-state index >= 15 is 0 Å². The Morgan fingerprint density at radius 3 is 0.961 bits per heavy atom. The first kappa shape index (κ1) is 49.4. The lowest BCUT2D eigenvalue weighted by Gasteiger charge is -2.18. The molecule has 0 unspecified atom stereocenters. The van der Waals surface area contributed by atoms with E-state index in [1.807, 2.05) is 0 Å². The van der Waals surface area contributed by atoms with Gasteiger partial charge in [0.05, 0.1) is 0 Å². The quantitative estimate of drug-likeness (QED) is 0.0356. The number of unbranched alkanes of at least 4 members (excludes halogenated alkanes) is 27. The van der Waals surface area contributed by atoms with E-state index in [9.17, 15) is 14.4 Å². The van der Waals surface area contributed by atoms with Gasteiger partial charge in [0.1, 0.15) is 13.2 Å². The summed E-state index contributed by atoms with van der Waals surface area (Å²) < 4.78 is 16.7.